The second kappa shape index (κ2) is 13.2. The molecule has 0 saturated heterocycles. The molecule has 11 aromatic rings. The third kappa shape index (κ3) is 4.44. The first kappa shape index (κ1) is 35.4. The molecule has 0 saturated carbocycles. The number of benzene rings is 10. The Balaban J connectivity index is 1.11. The number of hydrogen-bond donors (Lipinski definition) is 0. The topological polar surface area (TPSA) is 8.17 Å². The molecule has 10 aromatic carbocycles. The molecular formula is C62H40N2. The first-order chi connectivity index (χ1) is 31.8. The Bertz CT molecular complexity index is 3590. The van der Waals surface area contributed by atoms with Crippen molar-refractivity contribution >= 4 is 38.9 Å². The summed E-state index contributed by atoms with van der Waals surface area (Å²) in [5.41, 5.74) is 21.5. The van der Waals surface area contributed by atoms with Gasteiger partial charge in [0.15, 0.2) is 0 Å². The van der Waals surface area contributed by atoms with Crippen molar-refractivity contribution in [2.45, 2.75) is 10.8 Å². The summed E-state index contributed by atoms with van der Waals surface area (Å²) in [5, 5.41) is 2.49. The molecule has 2 aliphatic carbocycles. The first-order valence-corrected chi connectivity index (χ1v) is 22.4. The Morgan fingerprint density at radius 3 is 1.42 bits per heavy atom. The number of hydrogen-bond acceptors (Lipinski definition) is 1. The summed E-state index contributed by atoms with van der Waals surface area (Å²) in [6.07, 6.45) is 0. The van der Waals surface area contributed by atoms with E-state index < -0.39 is 10.8 Å². The fourth-order valence-electron chi connectivity index (χ4n) is 12.3. The van der Waals surface area contributed by atoms with E-state index in [0.29, 0.717) is 0 Å². The Hall–Kier alpha value is -8.20. The summed E-state index contributed by atoms with van der Waals surface area (Å²) in [6, 6.07) is 90.8. The molecule has 1 aliphatic heterocycles. The third-order valence-corrected chi connectivity index (χ3v) is 14.6. The summed E-state index contributed by atoms with van der Waals surface area (Å²) >= 11 is 0. The van der Waals surface area contributed by atoms with E-state index in [1.54, 1.807) is 0 Å². The highest BCUT2D eigenvalue weighted by molar-refractivity contribution is 6.14. The average molecular weight is 813 g/mol. The van der Waals surface area contributed by atoms with Crippen LogP contribution in [0.3, 0.4) is 0 Å². The molecule has 2 heterocycles. The fourth-order valence-corrected chi connectivity index (χ4v) is 12.3. The van der Waals surface area contributed by atoms with Crippen molar-refractivity contribution in [1.82, 2.24) is 4.57 Å². The minimum atomic E-state index is -0.555. The zero-order chi connectivity index (χ0) is 42.0. The summed E-state index contributed by atoms with van der Waals surface area (Å²) in [4.78, 5) is 2.51. The van der Waals surface area contributed by atoms with Crippen LogP contribution in [-0.2, 0) is 10.8 Å². The van der Waals surface area contributed by atoms with Crippen LogP contribution in [-0.4, -0.2) is 4.57 Å². The van der Waals surface area contributed by atoms with E-state index in [1.165, 1.54) is 94.3 Å². The van der Waals surface area contributed by atoms with Gasteiger partial charge < -0.3 is 9.47 Å². The molecule has 14 rings (SSSR count). The van der Waals surface area contributed by atoms with Crippen molar-refractivity contribution in [3.8, 4) is 27.9 Å². The Kier molecular flexibility index (Phi) is 7.28. The van der Waals surface area contributed by atoms with Crippen LogP contribution in [0, 0.1) is 0 Å². The zero-order valence-electron chi connectivity index (χ0n) is 35.0. The number of fused-ring (bicyclic) bond motifs is 15. The number of nitrogens with zero attached hydrogens (tertiary/aromatic N) is 2. The van der Waals surface area contributed by atoms with E-state index in [9.17, 15) is 0 Å². The Morgan fingerprint density at radius 2 is 0.781 bits per heavy atom. The minimum absolute atomic E-state index is 0.527. The van der Waals surface area contributed by atoms with Crippen LogP contribution < -0.4 is 4.90 Å². The number of para-hydroxylation sites is 3. The molecular weight excluding hydrogens is 773 g/mol. The molecule has 0 atom stereocenters. The summed E-state index contributed by atoms with van der Waals surface area (Å²) in [6.45, 7) is 0. The SMILES string of the molecule is c1ccc(N(c2ccc3c(c2)C(c2ccccc2)(c2ccccc2)c2ccccc2-3)c2cc3c4c(c2)c2ccccc2n4-c2ccccc2C32c3ccccc3-c3ccccc32)cc1. The minimum Gasteiger partial charge on any atom is -0.310 e. The Labute approximate surface area is 372 Å². The maximum absolute atomic E-state index is 2.54. The molecule has 298 valence electrons. The highest BCUT2D eigenvalue weighted by Crippen LogP contribution is 2.62. The predicted molar refractivity (Wildman–Crippen MR) is 264 cm³/mol. The van der Waals surface area contributed by atoms with E-state index in [4.69, 9.17) is 0 Å². The second-order valence-electron chi connectivity index (χ2n) is 17.5. The number of anilines is 3. The van der Waals surface area contributed by atoms with Crippen molar-refractivity contribution in [2.24, 2.45) is 0 Å². The molecule has 2 nitrogen and oxygen atoms in total. The predicted octanol–water partition coefficient (Wildman–Crippen LogP) is 15.3. The molecule has 0 radical (unpaired) electrons. The van der Waals surface area contributed by atoms with Gasteiger partial charge in [-0.05, 0) is 115 Å². The monoisotopic (exact) mass is 812 g/mol. The van der Waals surface area contributed by atoms with E-state index in [-0.39, 0.29) is 0 Å². The second-order valence-corrected chi connectivity index (χ2v) is 17.5. The van der Waals surface area contributed by atoms with Crippen LogP contribution in [0.25, 0.3) is 49.7 Å². The Morgan fingerprint density at radius 1 is 0.297 bits per heavy atom. The fraction of sp³-hybridized carbons (Fsp3) is 0.0323. The van der Waals surface area contributed by atoms with Gasteiger partial charge in [0.2, 0.25) is 0 Å². The van der Waals surface area contributed by atoms with Gasteiger partial charge in [-0.1, -0.05) is 194 Å². The van der Waals surface area contributed by atoms with Gasteiger partial charge in [0.05, 0.1) is 27.6 Å². The van der Waals surface area contributed by atoms with Crippen molar-refractivity contribution in [2.75, 3.05) is 4.90 Å². The van der Waals surface area contributed by atoms with Crippen molar-refractivity contribution in [1.29, 1.82) is 0 Å². The summed E-state index contributed by atoms with van der Waals surface area (Å²) in [5.74, 6) is 0. The smallest absolute Gasteiger partial charge is 0.0755 e. The lowest BCUT2D eigenvalue weighted by atomic mass is 9.65. The van der Waals surface area contributed by atoms with Crippen LogP contribution in [0.5, 0.6) is 0 Å². The van der Waals surface area contributed by atoms with Crippen molar-refractivity contribution in [3.05, 3.63) is 287 Å². The molecule has 0 N–H and O–H groups in total. The van der Waals surface area contributed by atoms with Gasteiger partial charge in [0.1, 0.15) is 0 Å². The van der Waals surface area contributed by atoms with Gasteiger partial charge in [-0.15, -0.1) is 0 Å². The van der Waals surface area contributed by atoms with Gasteiger partial charge >= 0.3 is 0 Å². The van der Waals surface area contributed by atoms with Gasteiger partial charge in [0, 0.05) is 27.8 Å². The van der Waals surface area contributed by atoms with E-state index in [2.05, 4.69) is 252 Å². The van der Waals surface area contributed by atoms with Gasteiger partial charge in [-0.3, -0.25) is 0 Å². The lowest BCUT2D eigenvalue weighted by Gasteiger charge is -2.40. The van der Waals surface area contributed by atoms with Gasteiger partial charge in [-0.25, -0.2) is 0 Å². The maximum Gasteiger partial charge on any atom is 0.0755 e. The quantitative estimate of drug-likeness (QED) is 0.168. The van der Waals surface area contributed by atoms with Gasteiger partial charge in [-0.2, -0.15) is 0 Å². The van der Waals surface area contributed by atoms with Crippen LogP contribution in [0.2, 0.25) is 0 Å². The van der Waals surface area contributed by atoms with E-state index in [0.717, 1.165) is 17.1 Å². The first-order valence-electron chi connectivity index (χ1n) is 22.4. The molecule has 3 aliphatic rings. The number of rotatable bonds is 5. The van der Waals surface area contributed by atoms with Crippen molar-refractivity contribution in [3.63, 3.8) is 0 Å². The van der Waals surface area contributed by atoms with Crippen LogP contribution >= 0.6 is 0 Å². The molecule has 0 amide bonds. The molecule has 2 heteroatoms. The third-order valence-electron chi connectivity index (χ3n) is 14.6. The van der Waals surface area contributed by atoms with Crippen LogP contribution in [0.1, 0.15) is 44.5 Å². The molecule has 1 aromatic heterocycles. The van der Waals surface area contributed by atoms with Crippen molar-refractivity contribution < 1.29 is 0 Å². The molecule has 0 bridgehead atoms. The molecule has 0 fully saturated rings. The number of aromatic nitrogens is 1. The summed E-state index contributed by atoms with van der Waals surface area (Å²) < 4.78 is 2.54. The standard InChI is InChI=1S/C62H40N2/c1-4-20-41(21-5-1)61(42-22-6-2-7-23-42)52-30-14-10-28-48(52)49-37-36-44(39-56(49)61)63(43-24-8-3-9-25-43)45-38-51-50-29-13-18-34-58(50)64-59-35-19-17-33-55(59)62(57(40-45)60(51)64)53-31-15-11-26-46(53)47-27-12-16-32-54(47)62/h1-40H. The van der Waals surface area contributed by atoms with Gasteiger partial charge in [0.25, 0.3) is 0 Å². The highest BCUT2D eigenvalue weighted by atomic mass is 15.1. The molecule has 0 unspecified atom stereocenters. The van der Waals surface area contributed by atoms with Crippen LogP contribution in [0.15, 0.2) is 243 Å². The summed E-state index contributed by atoms with van der Waals surface area (Å²) in [7, 11) is 0. The average Bonchev–Trinajstić information content (AvgIpc) is 3.97. The highest BCUT2D eigenvalue weighted by Gasteiger charge is 2.51. The molecule has 1 spiro atoms. The largest absolute Gasteiger partial charge is 0.310 e. The maximum atomic E-state index is 2.54. The molecule has 64 heavy (non-hydrogen) atoms. The van der Waals surface area contributed by atoms with E-state index in [1.807, 2.05) is 0 Å². The lowest BCUT2D eigenvalue weighted by molar-refractivity contribution is 0.748. The van der Waals surface area contributed by atoms with E-state index >= 15 is 0 Å². The lowest BCUT2D eigenvalue weighted by Crippen LogP contribution is -2.33. The zero-order valence-corrected chi connectivity index (χ0v) is 35.0. The van der Waals surface area contributed by atoms with Crippen LogP contribution in [0.4, 0.5) is 17.1 Å². The normalized spacial score (nSPS) is 14.2.